The highest BCUT2D eigenvalue weighted by molar-refractivity contribution is 7.16. The van der Waals surface area contributed by atoms with Gasteiger partial charge in [0.15, 0.2) is 5.13 Å². The van der Waals surface area contributed by atoms with Crippen LogP contribution in [0.3, 0.4) is 0 Å². The molecular weight excluding hydrogens is 384 g/mol. The van der Waals surface area contributed by atoms with E-state index >= 15 is 0 Å². The third-order valence-corrected chi connectivity index (χ3v) is 5.13. The largest absolute Gasteiger partial charge is 0.381 e. The predicted molar refractivity (Wildman–Crippen MR) is 100 cm³/mol. The van der Waals surface area contributed by atoms with Crippen LogP contribution in [0.25, 0.3) is 0 Å². The number of carbonyl (C=O) groups excluding carboxylic acids is 2. The SMILES string of the molecule is CN(Cc1csc(NC(=O)NCc2ccc(Cl)s2)n1)C(=O)C(C)(C)O. The van der Waals surface area contributed by atoms with Crippen LogP contribution in [0.15, 0.2) is 17.5 Å². The van der Waals surface area contributed by atoms with Gasteiger partial charge in [-0.3, -0.25) is 10.1 Å². The van der Waals surface area contributed by atoms with Gasteiger partial charge >= 0.3 is 6.03 Å². The molecule has 7 nitrogen and oxygen atoms in total. The van der Waals surface area contributed by atoms with Gasteiger partial charge in [0.25, 0.3) is 5.91 Å². The van der Waals surface area contributed by atoms with Crippen LogP contribution in [0.5, 0.6) is 0 Å². The van der Waals surface area contributed by atoms with Gasteiger partial charge in [-0.15, -0.1) is 22.7 Å². The zero-order chi connectivity index (χ0) is 18.6. The first-order valence-electron chi connectivity index (χ1n) is 7.36. The van der Waals surface area contributed by atoms with Crippen molar-refractivity contribution in [3.05, 3.63) is 32.4 Å². The van der Waals surface area contributed by atoms with E-state index in [0.29, 0.717) is 21.7 Å². The summed E-state index contributed by atoms with van der Waals surface area (Å²) >= 11 is 8.50. The molecule has 3 N–H and O–H groups in total. The monoisotopic (exact) mass is 402 g/mol. The fourth-order valence-electron chi connectivity index (χ4n) is 1.97. The van der Waals surface area contributed by atoms with Crippen LogP contribution in [0, 0.1) is 0 Å². The Morgan fingerprint density at radius 3 is 2.72 bits per heavy atom. The molecule has 0 atom stereocenters. The van der Waals surface area contributed by atoms with Gasteiger partial charge in [-0.25, -0.2) is 9.78 Å². The maximum atomic E-state index is 11.9. The van der Waals surface area contributed by atoms with E-state index in [-0.39, 0.29) is 12.6 Å². The minimum absolute atomic E-state index is 0.246. The number of aromatic nitrogens is 1. The number of halogens is 1. The summed E-state index contributed by atoms with van der Waals surface area (Å²) in [5, 5.41) is 17.3. The van der Waals surface area contributed by atoms with Crippen LogP contribution in [0.4, 0.5) is 9.93 Å². The molecule has 2 aromatic rings. The summed E-state index contributed by atoms with van der Waals surface area (Å²) in [6.45, 7) is 3.50. The number of urea groups is 1. The van der Waals surface area contributed by atoms with Crippen LogP contribution in [0.2, 0.25) is 4.34 Å². The molecule has 136 valence electrons. The highest BCUT2D eigenvalue weighted by atomic mass is 35.5. The Bertz CT molecular complexity index is 754. The third kappa shape index (κ3) is 5.96. The molecule has 0 aliphatic heterocycles. The first kappa shape index (κ1) is 19.6. The number of thiophene rings is 1. The predicted octanol–water partition coefficient (Wildman–Crippen LogP) is 2.91. The van der Waals surface area contributed by atoms with E-state index in [4.69, 9.17) is 11.6 Å². The van der Waals surface area contributed by atoms with E-state index in [1.54, 1.807) is 18.5 Å². The number of carbonyl (C=O) groups is 2. The van der Waals surface area contributed by atoms with Gasteiger partial charge in [-0.05, 0) is 26.0 Å². The molecule has 3 amide bonds. The number of nitrogens with one attached hydrogen (secondary N) is 2. The van der Waals surface area contributed by atoms with Gasteiger partial charge in [0.1, 0.15) is 5.60 Å². The van der Waals surface area contributed by atoms with Crippen molar-refractivity contribution in [2.45, 2.75) is 32.5 Å². The first-order chi connectivity index (χ1) is 11.6. The number of amides is 3. The number of thiazole rings is 1. The summed E-state index contributed by atoms with van der Waals surface area (Å²) in [7, 11) is 1.59. The molecule has 0 saturated carbocycles. The molecule has 10 heteroatoms. The van der Waals surface area contributed by atoms with Gasteiger partial charge in [-0.2, -0.15) is 0 Å². The fourth-order valence-corrected chi connectivity index (χ4v) is 3.70. The summed E-state index contributed by atoms with van der Waals surface area (Å²) in [5.74, 6) is -0.401. The molecule has 2 aromatic heterocycles. The fraction of sp³-hybridized carbons (Fsp3) is 0.400. The van der Waals surface area contributed by atoms with Gasteiger partial charge in [0.2, 0.25) is 0 Å². The quantitative estimate of drug-likeness (QED) is 0.692. The minimum atomic E-state index is -1.43. The van der Waals surface area contributed by atoms with E-state index in [1.165, 1.54) is 41.4 Å². The molecule has 0 aromatic carbocycles. The number of hydrogen-bond donors (Lipinski definition) is 3. The number of anilines is 1. The van der Waals surface area contributed by atoms with Crippen molar-refractivity contribution in [1.29, 1.82) is 0 Å². The Kier molecular flexibility index (Phi) is 6.39. The van der Waals surface area contributed by atoms with E-state index < -0.39 is 11.5 Å². The minimum Gasteiger partial charge on any atom is -0.381 e. The first-order valence-corrected chi connectivity index (χ1v) is 9.44. The van der Waals surface area contributed by atoms with Gasteiger partial charge in [0, 0.05) is 17.3 Å². The number of likely N-dealkylation sites (N-methyl/N-ethyl adjacent to an activating group) is 1. The van der Waals surface area contributed by atoms with Gasteiger partial charge in [-0.1, -0.05) is 11.6 Å². The number of rotatable bonds is 6. The lowest BCUT2D eigenvalue weighted by molar-refractivity contribution is -0.147. The standard InChI is InChI=1S/C15H19ClN4O3S2/c1-15(2,23)12(21)20(3)7-9-8-24-14(18-9)19-13(22)17-6-10-4-5-11(16)25-10/h4-5,8,23H,6-7H2,1-3H3,(H2,17,18,19,22). The second kappa shape index (κ2) is 8.13. The summed E-state index contributed by atoms with van der Waals surface area (Å²) in [6, 6.07) is 3.26. The van der Waals surface area contributed by atoms with E-state index in [2.05, 4.69) is 15.6 Å². The lowest BCUT2D eigenvalue weighted by Crippen LogP contribution is -2.42. The number of hydrogen-bond acceptors (Lipinski definition) is 6. The van der Waals surface area contributed by atoms with Gasteiger partial charge in [0.05, 0.1) is 23.1 Å². The molecule has 0 bridgehead atoms. The lowest BCUT2D eigenvalue weighted by Gasteiger charge is -2.24. The van der Waals surface area contributed by atoms with Crippen LogP contribution < -0.4 is 10.6 Å². The second-order valence-corrected chi connectivity index (χ2v) is 8.54. The topological polar surface area (TPSA) is 94.6 Å². The Morgan fingerprint density at radius 2 is 2.12 bits per heavy atom. The highest BCUT2D eigenvalue weighted by Gasteiger charge is 2.27. The molecule has 0 aliphatic carbocycles. The molecule has 25 heavy (non-hydrogen) atoms. The number of nitrogens with zero attached hydrogens (tertiary/aromatic N) is 2. The van der Waals surface area contributed by atoms with Crippen LogP contribution >= 0.6 is 34.3 Å². The Balaban J connectivity index is 1.84. The summed E-state index contributed by atoms with van der Waals surface area (Å²) in [6.07, 6.45) is 0. The molecule has 0 radical (unpaired) electrons. The average Bonchev–Trinajstić information content (AvgIpc) is 3.12. The number of aliphatic hydroxyl groups is 1. The van der Waals surface area contributed by atoms with Crippen LogP contribution in [-0.4, -0.2) is 39.6 Å². The lowest BCUT2D eigenvalue weighted by atomic mass is 10.1. The molecular formula is C15H19ClN4O3S2. The Hall–Kier alpha value is -1.68. The highest BCUT2D eigenvalue weighted by Crippen LogP contribution is 2.21. The molecule has 0 fully saturated rings. The molecule has 0 unspecified atom stereocenters. The van der Waals surface area contributed by atoms with Crippen LogP contribution in [-0.2, 0) is 17.9 Å². The zero-order valence-corrected chi connectivity index (χ0v) is 16.4. The Morgan fingerprint density at radius 1 is 1.40 bits per heavy atom. The second-order valence-electron chi connectivity index (χ2n) is 5.88. The Labute approximate surface area is 158 Å². The summed E-state index contributed by atoms with van der Waals surface area (Å²) in [4.78, 5) is 30.4. The van der Waals surface area contributed by atoms with Gasteiger partial charge < -0.3 is 15.3 Å². The van der Waals surface area contributed by atoms with Crippen molar-refractivity contribution in [3.63, 3.8) is 0 Å². The molecule has 0 saturated heterocycles. The van der Waals surface area contributed by atoms with Crippen molar-refractivity contribution < 1.29 is 14.7 Å². The van der Waals surface area contributed by atoms with Crippen LogP contribution in [0.1, 0.15) is 24.4 Å². The molecule has 2 heterocycles. The van der Waals surface area contributed by atoms with E-state index in [9.17, 15) is 14.7 Å². The van der Waals surface area contributed by atoms with Crippen molar-refractivity contribution in [3.8, 4) is 0 Å². The molecule has 0 aliphatic rings. The van der Waals surface area contributed by atoms with E-state index in [0.717, 1.165) is 4.88 Å². The maximum Gasteiger partial charge on any atom is 0.321 e. The summed E-state index contributed by atoms with van der Waals surface area (Å²) in [5.41, 5.74) is -0.804. The molecule has 0 spiro atoms. The van der Waals surface area contributed by atoms with Crippen molar-refractivity contribution >= 4 is 51.3 Å². The smallest absolute Gasteiger partial charge is 0.321 e. The van der Waals surface area contributed by atoms with E-state index in [1.807, 2.05) is 6.07 Å². The van der Waals surface area contributed by atoms with Crippen molar-refractivity contribution in [1.82, 2.24) is 15.2 Å². The average molecular weight is 403 g/mol. The van der Waals surface area contributed by atoms with Crippen molar-refractivity contribution in [2.75, 3.05) is 12.4 Å². The van der Waals surface area contributed by atoms with Crippen molar-refractivity contribution in [2.24, 2.45) is 0 Å². The third-order valence-electron chi connectivity index (χ3n) is 3.09. The maximum absolute atomic E-state index is 11.9. The normalized spacial score (nSPS) is 11.2. The molecule has 2 rings (SSSR count). The summed E-state index contributed by atoms with van der Waals surface area (Å²) < 4.78 is 0.673. The zero-order valence-electron chi connectivity index (χ0n) is 14.0.